The second-order valence-electron chi connectivity index (χ2n) is 8.11. The molecule has 0 N–H and O–H groups in total. The van der Waals surface area contributed by atoms with E-state index in [2.05, 4.69) is 106 Å². The monoisotopic (exact) mass is 633 g/mol. The average molecular weight is 634 g/mol. The van der Waals surface area contributed by atoms with Crippen molar-refractivity contribution in [1.82, 2.24) is 0 Å². The Morgan fingerprint density at radius 2 is 0.611 bits per heavy atom. The maximum atomic E-state index is 5.22. The van der Waals surface area contributed by atoms with Crippen LogP contribution < -0.4 is 30.1 Å². The molecule has 36 heavy (non-hydrogen) atoms. The summed E-state index contributed by atoms with van der Waals surface area (Å²) in [4.78, 5) is 0. The van der Waals surface area contributed by atoms with E-state index in [1.165, 1.54) is 49.3 Å². The third kappa shape index (κ3) is 12.3. The molecule has 3 nitrogen and oxygen atoms in total. The quantitative estimate of drug-likeness (QED) is 0.297. The van der Waals surface area contributed by atoms with Gasteiger partial charge in [0.1, 0.15) is 17.2 Å². The second kappa shape index (κ2) is 18.6. The summed E-state index contributed by atoms with van der Waals surface area (Å²) in [6.07, 6.45) is 0. The maximum absolute atomic E-state index is 5.22. The summed E-state index contributed by atoms with van der Waals surface area (Å²) >= 11 is 0.382. The van der Waals surface area contributed by atoms with Crippen LogP contribution in [-0.2, 0) is 12.9 Å². The van der Waals surface area contributed by atoms with E-state index in [0.717, 1.165) is 17.2 Å². The third-order valence-electron chi connectivity index (χ3n) is 5.06. The molecule has 203 valence electrons. The zero-order valence-electron chi connectivity index (χ0n) is 22.5. The number of halogens is 2. The number of ether oxygens (including phenoxy) is 3. The number of aryl methyl sites for hydroxylation is 6. The fraction of sp³-hybridized carbons (Fsp3) is 0.333. The van der Waals surface area contributed by atoms with E-state index in [9.17, 15) is 0 Å². The molecule has 0 aliphatic heterocycles. The molecule has 3 atom stereocenters. The topological polar surface area (TPSA) is 27.7 Å². The van der Waals surface area contributed by atoms with Gasteiger partial charge in [-0.3, -0.25) is 0 Å². The predicted molar refractivity (Wildman–Crippen MR) is 167 cm³/mol. The fourth-order valence-electron chi connectivity index (χ4n) is 3.92. The summed E-state index contributed by atoms with van der Waals surface area (Å²) in [7, 11) is 22.6. The van der Waals surface area contributed by atoms with E-state index in [1.54, 1.807) is 21.3 Å². The number of hydrogen-bond acceptors (Lipinski definition) is 3. The van der Waals surface area contributed by atoms with Crippen LogP contribution in [0.5, 0.6) is 17.2 Å². The first kappa shape index (κ1) is 35.4. The van der Waals surface area contributed by atoms with Crippen LogP contribution in [0.15, 0.2) is 36.4 Å². The molecule has 0 spiro atoms. The van der Waals surface area contributed by atoms with Crippen LogP contribution in [0.2, 0.25) is 0 Å². The molecule has 0 aliphatic rings. The van der Waals surface area contributed by atoms with Gasteiger partial charge < -0.3 is 14.2 Å². The molecular formula is C27H39Cl2CoO3P3. The van der Waals surface area contributed by atoms with Gasteiger partial charge in [-0.15, -0.1) is 27.7 Å². The van der Waals surface area contributed by atoms with Gasteiger partial charge in [0.05, 0.1) is 21.3 Å². The Kier molecular flexibility index (Phi) is 18.4. The van der Waals surface area contributed by atoms with E-state index >= 15 is 0 Å². The van der Waals surface area contributed by atoms with Crippen molar-refractivity contribution in [3.8, 4) is 17.2 Å². The van der Waals surface area contributed by atoms with Crippen LogP contribution in [0, 0.1) is 41.5 Å². The summed E-state index contributed by atoms with van der Waals surface area (Å²) in [6, 6.07) is 12.6. The summed E-state index contributed by atoms with van der Waals surface area (Å²) in [5.41, 5.74) is 7.15. The van der Waals surface area contributed by atoms with Crippen LogP contribution in [0.1, 0.15) is 33.4 Å². The molecule has 3 unspecified atom stereocenters. The fourth-order valence-corrected chi connectivity index (χ4v) is 5.42. The number of benzene rings is 3. The first-order valence-electron chi connectivity index (χ1n) is 10.9. The van der Waals surface area contributed by atoms with Crippen molar-refractivity contribution < 1.29 is 27.1 Å². The zero-order valence-corrected chi connectivity index (χ0v) is 28.5. The second-order valence-corrected chi connectivity index (χ2v) is 11.8. The Labute approximate surface area is 239 Å². The van der Waals surface area contributed by atoms with Crippen molar-refractivity contribution in [2.45, 2.75) is 41.5 Å². The molecule has 0 aromatic heterocycles. The Hall–Kier alpha value is -0.564. The number of rotatable bonds is 3. The molecule has 0 amide bonds. The SMILES string of the molecule is COc1c(C)cc(P)cc1C.COc1c(C)cc(P)cc1C.COc1c(C)cc(P)cc1C.[Cl][Co][Cl]. The summed E-state index contributed by atoms with van der Waals surface area (Å²) in [5, 5.41) is 3.63. The third-order valence-corrected chi connectivity index (χ3v) is 6.06. The molecule has 0 fully saturated rings. The molecule has 0 bridgehead atoms. The zero-order chi connectivity index (χ0) is 28.0. The van der Waals surface area contributed by atoms with Crippen molar-refractivity contribution >= 4 is 63.9 Å². The Morgan fingerprint density at radius 3 is 0.722 bits per heavy atom. The molecule has 0 aliphatic carbocycles. The summed E-state index contributed by atoms with van der Waals surface area (Å²) in [5.74, 6) is 2.99. The summed E-state index contributed by atoms with van der Waals surface area (Å²) in [6.45, 7) is 12.3. The summed E-state index contributed by atoms with van der Waals surface area (Å²) < 4.78 is 15.7. The van der Waals surface area contributed by atoms with Gasteiger partial charge in [-0.1, -0.05) is 0 Å². The van der Waals surface area contributed by atoms with E-state index in [1.807, 2.05) is 0 Å². The van der Waals surface area contributed by atoms with Crippen LogP contribution in [0.4, 0.5) is 0 Å². The number of hydrogen-bond donors (Lipinski definition) is 0. The van der Waals surface area contributed by atoms with Crippen LogP contribution in [0.25, 0.3) is 0 Å². The molecule has 3 aromatic rings. The predicted octanol–water partition coefficient (Wildman–Crippen LogP) is 6.81. The first-order chi connectivity index (χ1) is 16.9. The van der Waals surface area contributed by atoms with Gasteiger partial charge in [0.25, 0.3) is 0 Å². The van der Waals surface area contributed by atoms with E-state index in [0.29, 0.717) is 12.9 Å². The van der Waals surface area contributed by atoms with Gasteiger partial charge in [-0.05, 0) is 127 Å². The van der Waals surface area contributed by atoms with Gasteiger partial charge in [0.15, 0.2) is 0 Å². The van der Waals surface area contributed by atoms with Crippen LogP contribution >= 0.6 is 48.0 Å². The molecule has 3 rings (SSSR count). The van der Waals surface area contributed by atoms with Crippen LogP contribution in [-0.4, -0.2) is 21.3 Å². The minimum absolute atomic E-state index is 0.382. The van der Waals surface area contributed by atoms with Crippen molar-refractivity contribution in [2.75, 3.05) is 21.3 Å². The molecule has 9 heteroatoms. The molecule has 0 radical (unpaired) electrons. The Morgan fingerprint density at radius 1 is 0.472 bits per heavy atom. The van der Waals surface area contributed by atoms with Crippen molar-refractivity contribution in [3.63, 3.8) is 0 Å². The van der Waals surface area contributed by atoms with E-state index in [-0.39, 0.29) is 0 Å². The van der Waals surface area contributed by atoms with Gasteiger partial charge in [0.2, 0.25) is 0 Å². The Balaban J connectivity index is 0.000000483. The normalized spacial score (nSPS) is 9.61. The number of methoxy groups -OCH3 is 3. The first-order valence-corrected chi connectivity index (χ1v) is 15.5. The van der Waals surface area contributed by atoms with Gasteiger partial charge in [-0.25, -0.2) is 0 Å². The van der Waals surface area contributed by atoms with Gasteiger partial charge >= 0.3 is 33.2 Å². The van der Waals surface area contributed by atoms with E-state index < -0.39 is 0 Å². The Bertz CT molecular complexity index is 906. The van der Waals surface area contributed by atoms with Crippen molar-refractivity contribution in [2.24, 2.45) is 0 Å². The standard InChI is InChI=1S/3C9H13OP.2ClH.Co/c3*1-6-4-8(11)5-7(2)9(6)10-3;;;/h3*4-5H,11H2,1-3H3;2*1H;/q;;;;;+2/p-2. The molecule has 0 heterocycles. The molecule has 0 saturated carbocycles. The van der Waals surface area contributed by atoms with E-state index in [4.69, 9.17) is 34.5 Å². The van der Waals surface area contributed by atoms with Crippen molar-refractivity contribution in [1.29, 1.82) is 0 Å². The van der Waals surface area contributed by atoms with Crippen molar-refractivity contribution in [3.05, 3.63) is 69.8 Å². The minimum atomic E-state index is 0.382. The average Bonchev–Trinajstić information content (AvgIpc) is 2.74. The van der Waals surface area contributed by atoms with Gasteiger partial charge in [-0.2, -0.15) is 0 Å². The molecule has 3 aromatic carbocycles. The molecular weight excluding hydrogens is 595 g/mol. The van der Waals surface area contributed by atoms with Crippen LogP contribution in [0.3, 0.4) is 0 Å². The molecule has 0 saturated heterocycles. The van der Waals surface area contributed by atoms with Gasteiger partial charge in [0, 0.05) is 0 Å².